The number of aliphatic hydroxyl groups excluding tert-OH is 1. The van der Waals surface area contributed by atoms with Gasteiger partial charge in [0, 0.05) is 38.2 Å². The van der Waals surface area contributed by atoms with Gasteiger partial charge in [0.2, 0.25) is 0 Å². The van der Waals surface area contributed by atoms with Crippen molar-refractivity contribution in [2.75, 3.05) is 13.7 Å². The van der Waals surface area contributed by atoms with Crippen molar-refractivity contribution in [3.63, 3.8) is 0 Å². The Hall–Kier alpha value is -3.52. The highest BCUT2D eigenvalue weighted by atomic mass is 32.2. The molecule has 3 aromatic carbocycles. The molecule has 0 radical (unpaired) electrons. The van der Waals surface area contributed by atoms with E-state index in [1.54, 1.807) is 0 Å². The fourth-order valence-corrected chi connectivity index (χ4v) is 6.59. The highest BCUT2D eigenvalue weighted by Gasteiger charge is 2.27. The second-order valence-corrected chi connectivity index (χ2v) is 18.7. The van der Waals surface area contributed by atoms with E-state index in [4.69, 9.17) is 4.74 Å². The number of sulfone groups is 1. The van der Waals surface area contributed by atoms with Crippen molar-refractivity contribution in [3.05, 3.63) is 82.8 Å². The van der Waals surface area contributed by atoms with E-state index in [0.29, 0.717) is 12.2 Å². The van der Waals surface area contributed by atoms with Crippen LogP contribution in [0.15, 0.2) is 53.4 Å². The first kappa shape index (κ1) is 31.4. The molecular formula is C29H32F3N3O5SSi. The molecule has 0 saturated heterocycles. The molecule has 0 aliphatic rings. The van der Waals surface area contributed by atoms with Crippen molar-refractivity contribution in [2.45, 2.75) is 49.7 Å². The van der Waals surface area contributed by atoms with Gasteiger partial charge in [0.25, 0.3) is 5.91 Å². The van der Waals surface area contributed by atoms with Gasteiger partial charge in [0.15, 0.2) is 21.3 Å². The topological polar surface area (TPSA) is 111 Å². The molecule has 0 unspecified atom stereocenters. The highest BCUT2D eigenvalue weighted by Crippen LogP contribution is 2.35. The van der Waals surface area contributed by atoms with Crippen LogP contribution in [0.2, 0.25) is 25.7 Å². The first-order chi connectivity index (χ1) is 19.8. The number of hydrogen-bond acceptors (Lipinski definition) is 6. The molecule has 8 nitrogen and oxygen atoms in total. The number of hydrogen-bond donors (Lipinski definition) is 2. The van der Waals surface area contributed by atoms with E-state index in [2.05, 4.69) is 30.1 Å². The van der Waals surface area contributed by atoms with Gasteiger partial charge in [-0.05, 0) is 35.9 Å². The molecule has 0 fully saturated rings. The summed E-state index contributed by atoms with van der Waals surface area (Å²) in [5, 5.41) is 16.1. The van der Waals surface area contributed by atoms with Gasteiger partial charge in [-0.15, -0.1) is 0 Å². The maximum Gasteiger partial charge on any atom is 0.272 e. The van der Waals surface area contributed by atoms with Crippen LogP contribution in [0.5, 0.6) is 0 Å². The number of carbonyl (C=O) groups excluding carboxylic acids is 1. The van der Waals surface area contributed by atoms with E-state index < -0.39 is 58.1 Å². The molecule has 0 atom stereocenters. The van der Waals surface area contributed by atoms with Gasteiger partial charge in [-0.2, -0.15) is 5.10 Å². The van der Waals surface area contributed by atoms with Gasteiger partial charge in [-0.25, -0.2) is 26.3 Å². The quantitative estimate of drug-likeness (QED) is 0.175. The lowest BCUT2D eigenvalue weighted by Gasteiger charge is -2.16. The molecule has 0 aliphatic heterocycles. The van der Waals surface area contributed by atoms with E-state index in [0.717, 1.165) is 28.9 Å². The van der Waals surface area contributed by atoms with Crippen LogP contribution in [0.25, 0.3) is 22.0 Å². The van der Waals surface area contributed by atoms with Gasteiger partial charge < -0.3 is 15.2 Å². The Balaban J connectivity index is 1.79. The van der Waals surface area contributed by atoms with Crippen LogP contribution < -0.4 is 5.32 Å². The SMILES string of the molecule is CNC(=O)c1nn(COCC[Si](C)(C)C)c2c(F)c(-c3c(F)ccc(CS(=O)(=O)c4cccc(CO)c4)c3F)ccc12. The fraction of sp³-hybridized carbons (Fsp3) is 0.310. The molecule has 0 bridgehead atoms. The Bertz CT molecular complexity index is 1750. The Morgan fingerprint density at radius 2 is 1.81 bits per heavy atom. The number of fused-ring (bicyclic) bond motifs is 1. The van der Waals surface area contributed by atoms with E-state index >= 15 is 13.2 Å². The predicted octanol–water partition coefficient (Wildman–Crippen LogP) is 5.26. The molecular weight excluding hydrogens is 587 g/mol. The van der Waals surface area contributed by atoms with Crippen LogP contribution in [-0.2, 0) is 33.7 Å². The number of rotatable bonds is 11. The second-order valence-electron chi connectivity index (χ2n) is 11.1. The molecule has 1 heterocycles. The summed E-state index contributed by atoms with van der Waals surface area (Å²) in [7, 11) is -4.13. The second kappa shape index (κ2) is 12.4. The molecule has 224 valence electrons. The van der Waals surface area contributed by atoms with Gasteiger partial charge in [-0.1, -0.05) is 43.9 Å². The summed E-state index contributed by atoms with van der Waals surface area (Å²) in [5.74, 6) is -4.79. The first-order valence-electron chi connectivity index (χ1n) is 13.2. The highest BCUT2D eigenvalue weighted by molar-refractivity contribution is 7.90. The van der Waals surface area contributed by atoms with Crippen LogP contribution >= 0.6 is 0 Å². The average molecular weight is 620 g/mol. The summed E-state index contributed by atoms with van der Waals surface area (Å²) < 4.78 is 80.0. The number of ether oxygens (including phenoxy) is 1. The minimum absolute atomic E-state index is 0.0855. The van der Waals surface area contributed by atoms with E-state index in [1.807, 2.05) is 0 Å². The zero-order valence-corrected chi connectivity index (χ0v) is 25.5. The van der Waals surface area contributed by atoms with Crippen molar-refractivity contribution in [1.82, 2.24) is 15.1 Å². The normalized spacial score (nSPS) is 12.2. The molecule has 1 aromatic heterocycles. The summed E-state index contributed by atoms with van der Waals surface area (Å²) >= 11 is 0. The van der Waals surface area contributed by atoms with Gasteiger partial charge in [0.05, 0.1) is 22.8 Å². The number of halogens is 3. The Morgan fingerprint density at radius 1 is 1.07 bits per heavy atom. The molecule has 0 spiro atoms. The monoisotopic (exact) mass is 619 g/mol. The third kappa shape index (κ3) is 6.59. The van der Waals surface area contributed by atoms with E-state index in [9.17, 15) is 18.3 Å². The minimum Gasteiger partial charge on any atom is -0.392 e. The van der Waals surface area contributed by atoms with Gasteiger partial charge in [0.1, 0.15) is 23.9 Å². The third-order valence-corrected chi connectivity index (χ3v) is 10.1. The first-order valence-corrected chi connectivity index (χ1v) is 18.5. The Morgan fingerprint density at radius 3 is 2.48 bits per heavy atom. The molecule has 0 saturated carbocycles. The standard InChI is InChI=1S/C29H32F3N3O5SSi/c1-33-29(37)27-22-10-9-21(26(32)28(22)35(34-27)17-40-12-13-42(2,3)4)24-23(30)11-8-19(25(24)31)16-41(38,39)20-7-5-6-18(14-20)15-36/h5-11,14,36H,12-13,15-17H2,1-4H3,(H,33,37). The maximum atomic E-state index is 16.2. The van der Waals surface area contributed by atoms with Crippen LogP contribution in [0, 0.1) is 17.5 Å². The molecule has 42 heavy (non-hydrogen) atoms. The van der Waals surface area contributed by atoms with Crippen LogP contribution in [0.3, 0.4) is 0 Å². The van der Waals surface area contributed by atoms with Crippen molar-refractivity contribution in [1.29, 1.82) is 0 Å². The minimum atomic E-state index is -4.10. The van der Waals surface area contributed by atoms with Crippen LogP contribution in [0.1, 0.15) is 21.6 Å². The van der Waals surface area contributed by atoms with Crippen molar-refractivity contribution in [2.24, 2.45) is 0 Å². The summed E-state index contributed by atoms with van der Waals surface area (Å²) in [6.07, 6.45) is 0. The molecule has 13 heteroatoms. The lowest BCUT2D eigenvalue weighted by molar-refractivity contribution is 0.0802. The number of aliphatic hydroxyl groups is 1. The van der Waals surface area contributed by atoms with E-state index in [1.165, 1.54) is 37.4 Å². The van der Waals surface area contributed by atoms with Crippen molar-refractivity contribution >= 4 is 34.7 Å². The number of nitrogens with zero attached hydrogens (tertiary/aromatic N) is 2. The largest absolute Gasteiger partial charge is 0.392 e. The van der Waals surface area contributed by atoms with E-state index in [-0.39, 0.29) is 40.4 Å². The number of amides is 1. The lowest BCUT2D eigenvalue weighted by Crippen LogP contribution is -2.22. The summed E-state index contributed by atoms with van der Waals surface area (Å²) in [6, 6.07) is 10.7. The molecule has 0 aliphatic carbocycles. The fourth-order valence-electron chi connectivity index (χ4n) is 4.41. The summed E-state index contributed by atoms with van der Waals surface area (Å²) in [6.45, 7) is 6.31. The molecule has 4 rings (SSSR count). The molecule has 1 amide bonds. The number of nitrogens with one attached hydrogen (secondary N) is 1. The number of carbonyl (C=O) groups is 1. The molecule has 2 N–H and O–H groups in total. The lowest BCUT2D eigenvalue weighted by atomic mass is 9.99. The van der Waals surface area contributed by atoms with Gasteiger partial charge in [-0.3, -0.25) is 4.79 Å². The maximum absolute atomic E-state index is 16.2. The predicted molar refractivity (Wildman–Crippen MR) is 156 cm³/mol. The third-order valence-electron chi connectivity index (χ3n) is 6.73. The summed E-state index contributed by atoms with van der Waals surface area (Å²) in [5.41, 5.74) is -1.50. The number of aromatic nitrogens is 2. The Labute approximate surface area is 243 Å². The Kier molecular flexibility index (Phi) is 9.26. The van der Waals surface area contributed by atoms with Crippen molar-refractivity contribution in [3.8, 4) is 11.1 Å². The average Bonchev–Trinajstić information content (AvgIpc) is 3.32. The van der Waals surface area contributed by atoms with Crippen LogP contribution in [-0.4, -0.2) is 50.9 Å². The number of benzene rings is 3. The van der Waals surface area contributed by atoms with Gasteiger partial charge >= 0.3 is 0 Å². The van der Waals surface area contributed by atoms with Crippen molar-refractivity contribution < 1.29 is 36.2 Å². The zero-order chi connectivity index (χ0) is 30.8. The van der Waals surface area contributed by atoms with Crippen LogP contribution in [0.4, 0.5) is 13.2 Å². The summed E-state index contributed by atoms with van der Waals surface area (Å²) in [4.78, 5) is 12.3. The smallest absolute Gasteiger partial charge is 0.272 e. The zero-order valence-electron chi connectivity index (χ0n) is 23.7. The molecule has 4 aromatic rings.